The molecule has 3 nitrogen and oxygen atoms in total. The maximum atomic E-state index is 5.76. The summed E-state index contributed by atoms with van der Waals surface area (Å²) in [4.78, 5) is 0. The third kappa shape index (κ3) is 2.66. The van der Waals surface area contributed by atoms with Gasteiger partial charge in [-0.05, 0) is 25.7 Å². The molecule has 0 spiro atoms. The standard InChI is InChI=1S/C10H22N2O/c1-8-4-10(5-8,7-11)12-6-9(2)13-3/h8-9,12H,4-7,11H2,1-3H3. The van der Waals surface area contributed by atoms with Crippen molar-refractivity contribution in [3.63, 3.8) is 0 Å². The Bertz CT molecular complexity index is 155. The van der Waals surface area contributed by atoms with E-state index in [1.165, 1.54) is 12.8 Å². The molecule has 0 amide bonds. The van der Waals surface area contributed by atoms with Crippen LogP contribution in [0.25, 0.3) is 0 Å². The molecule has 1 aliphatic rings. The normalized spacial score (nSPS) is 35.5. The minimum absolute atomic E-state index is 0.214. The zero-order chi connectivity index (χ0) is 9.90. The van der Waals surface area contributed by atoms with Gasteiger partial charge in [0.2, 0.25) is 0 Å². The van der Waals surface area contributed by atoms with Crippen LogP contribution in [0.3, 0.4) is 0 Å². The van der Waals surface area contributed by atoms with Crippen LogP contribution in [0.5, 0.6) is 0 Å². The highest BCUT2D eigenvalue weighted by Crippen LogP contribution is 2.36. The summed E-state index contributed by atoms with van der Waals surface area (Å²) in [5.41, 5.74) is 5.97. The molecule has 0 radical (unpaired) electrons. The number of hydrogen-bond donors (Lipinski definition) is 2. The monoisotopic (exact) mass is 186 g/mol. The molecule has 0 bridgehead atoms. The molecule has 3 heteroatoms. The molecule has 0 aliphatic heterocycles. The molecule has 0 saturated heterocycles. The molecule has 0 aromatic carbocycles. The van der Waals surface area contributed by atoms with Crippen molar-refractivity contribution >= 4 is 0 Å². The Hall–Kier alpha value is -0.120. The summed E-state index contributed by atoms with van der Waals surface area (Å²) in [6.45, 7) is 5.99. The lowest BCUT2D eigenvalue weighted by Gasteiger charge is -2.47. The molecule has 1 saturated carbocycles. The van der Waals surface area contributed by atoms with Gasteiger partial charge in [0.25, 0.3) is 0 Å². The van der Waals surface area contributed by atoms with Gasteiger partial charge in [0.1, 0.15) is 0 Å². The second-order valence-corrected chi connectivity index (χ2v) is 4.43. The van der Waals surface area contributed by atoms with E-state index in [4.69, 9.17) is 10.5 Å². The first kappa shape index (κ1) is 11.0. The van der Waals surface area contributed by atoms with E-state index in [9.17, 15) is 0 Å². The van der Waals surface area contributed by atoms with Crippen molar-refractivity contribution in [2.45, 2.75) is 38.3 Å². The summed E-state index contributed by atoms with van der Waals surface area (Å²) >= 11 is 0. The van der Waals surface area contributed by atoms with Crippen molar-refractivity contribution in [2.75, 3.05) is 20.2 Å². The Kier molecular flexibility index (Phi) is 3.71. The van der Waals surface area contributed by atoms with Crippen molar-refractivity contribution in [2.24, 2.45) is 11.7 Å². The van der Waals surface area contributed by atoms with Gasteiger partial charge >= 0.3 is 0 Å². The molecular weight excluding hydrogens is 164 g/mol. The van der Waals surface area contributed by atoms with Gasteiger partial charge in [-0.3, -0.25) is 0 Å². The summed E-state index contributed by atoms with van der Waals surface area (Å²) in [6.07, 6.45) is 2.69. The second-order valence-electron chi connectivity index (χ2n) is 4.43. The minimum Gasteiger partial charge on any atom is -0.380 e. The van der Waals surface area contributed by atoms with Gasteiger partial charge < -0.3 is 15.8 Å². The van der Waals surface area contributed by atoms with Gasteiger partial charge in [-0.25, -0.2) is 0 Å². The van der Waals surface area contributed by atoms with Gasteiger partial charge in [0, 0.05) is 25.7 Å². The molecule has 13 heavy (non-hydrogen) atoms. The highest BCUT2D eigenvalue weighted by atomic mass is 16.5. The molecular formula is C10H22N2O. The van der Waals surface area contributed by atoms with Crippen molar-refractivity contribution < 1.29 is 4.74 Å². The number of nitrogens with one attached hydrogen (secondary N) is 1. The van der Waals surface area contributed by atoms with Crippen LogP contribution in [0.15, 0.2) is 0 Å². The number of hydrogen-bond acceptors (Lipinski definition) is 3. The second kappa shape index (κ2) is 4.40. The fraction of sp³-hybridized carbons (Fsp3) is 1.00. The van der Waals surface area contributed by atoms with E-state index < -0.39 is 0 Å². The molecule has 0 aromatic heterocycles. The first-order valence-electron chi connectivity index (χ1n) is 5.10. The van der Waals surface area contributed by atoms with Gasteiger partial charge in [0.15, 0.2) is 0 Å². The van der Waals surface area contributed by atoms with E-state index in [0.29, 0.717) is 0 Å². The zero-order valence-corrected chi connectivity index (χ0v) is 8.97. The summed E-state index contributed by atoms with van der Waals surface area (Å²) < 4.78 is 5.18. The summed E-state index contributed by atoms with van der Waals surface area (Å²) in [7, 11) is 1.74. The first-order chi connectivity index (χ1) is 6.12. The van der Waals surface area contributed by atoms with Crippen molar-refractivity contribution in [1.29, 1.82) is 0 Å². The van der Waals surface area contributed by atoms with Crippen LogP contribution in [-0.4, -0.2) is 31.8 Å². The van der Waals surface area contributed by atoms with E-state index in [0.717, 1.165) is 19.0 Å². The minimum atomic E-state index is 0.214. The average molecular weight is 186 g/mol. The van der Waals surface area contributed by atoms with Crippen LogP contribution in [0.1, 0.15) is 26.7 Å². The number of nitrogens with two attached hydrogens (primary N) is 1. The highest BCUT2D eigenvalue weighted by molar-refractivity contribution is 5.00. The Balaban J connectivity index is 2.25. The lowest BCUT2D eigenvalue weighted by molar-refractivity contribution is 0.0739. The lowest BCUT2D eigenvalue weighted by Crippen LogP contribution is -2.60. The van der Waals surface area contributed by atoms with E-state index in [1.54, 1.807) is 7.11 Å². The van der Waals surface area contributed by atoms with Crippen LogP contribution >= 0.6 is 0 Å². The van der Waals surface area contributed by atoms with Crippen molar-refractivity contribution in [1.82, 2.24) is 5.32 Å². The third-order valence-corrected chi connectivity index (χ3v) is 3.04. The smallest absolute Gasteiger partial charge is 0.0667 e. The Labute approximate surface area is 81.0 Å². The molecule has 1 fully saturated rings. The van der Waals surface area contributed by atoms with E-state index in [1.807, 2.05) is 0 Å². The Morgan fingerprint density at radius 3 is 2.62 bits per heavy atom. The first-order valence-corrected chi connectivity index (χ1v) is 5.10. The van der Waals surface area contributed by atoms with Gasteiger partial charge in [-0.1, -0.05) is 6.92 Å². The topological polar surface area (TPSA) is 47.3 Å². The summed E-state index contributed by atoms with van der Waals surface area (Å²) in [5.74, 6) is 0.828. The summed E-state index contributed by atoms with van der Waals surface area (Å²) in [5, 5.41) is 3.51. The number of ether oxygens (including phenoxy) is 1. The Morgan fingerprint density at radius 2 is 2.23 bits per heavy atom. The van der Waals surface area contributed by atoms with Gasteiger partial charge in [0.05, 0.1) is 6.10 Å². The molecule has 1 rings (SSSR count). The molecule has 0 aromatic rings. The van der Waals surface area contributed by atoms with E-state index in [-0.39, 0.29) is 11.6 Å². The maximum Gasteiger partial charge on any atom is 0.0667 e. The molecule has 1 atom stereocenters. The fourth-order valence-electron chi connectivity index (χ4n) is 2.10. The number of rotatable bonds is 5. The van der Waals surface area contributed by atoms with Crippen molar-refractivity contribution in [3.05, 3.63) is 0 Å². The molecule has 78 valence electrons. The lowest BCUT2D eigenvalue weighted by atomic mass is 9.69. The number of methoxy groups -OCH3 is 1. The molecule has 0 heterocycles. The maximum absolute atomic E-state index is 5.76. The molecule has 1 unspecified atom stereocenters. The van der Waals surface area contributed by atoms with Crippen LogP contribution in [0, 0.1) is 5.92 Å². The van der Waals surface area contributed by atoms with E-state index in [2.05, 4.69) is 19.2 Å². The van der Waals surface area contributed by atoms with Gasteiger partial charge in [-0.15, -0.1) is 0 Å². The quantitative estimate of drug-likeness (QED) is 0.665. The van der Waals surface area contributed by atoms with Crippen LogP contribution in [0.2, 0.25) is 0 Å². The van der Waals surface area contributed by atoms with E-state index >= 15 is 0 Å². The molecule has 3 N–H and O–H groups in total. The predicted octanol–water partition coefficient (Wildman–Crippen LogP) is 0.738. The van der Waals surface area contributed by atoms with Gasteiger partial charge in [-0.2, -0.15) is 0 Å². The largest absolute Gasteiger partial charge is 0.380 e. The Morgan fingerprint density at radius 1 is 1.62 bits per heavy atom. The van der Waals surface area contributed by atoms with Crippen molar-refractivity contribution in [3.8, 4) is 0 Å². The SMILES string of the molecule is COC(C)CNC1(CN)CC(C)C1. The third-order valence-electron chi connectivity index (χ3n) is 3.04. The molecule has 1 aliphatic carbocycles. The summed E-state index contributed by atoms with van der Waals surface area (Å²) in [6, 6.07) is 0. The highest BCUT2D eigenvalue weighted by Gasteiger charge is 2.40. The average Bonchev–Trinajstić information content (AvgIpc) is 2.09. The fourth-order valence-corrected chi connectivity index (χ4v) is 2.10. The van der Waals surface area contributed by atoms with Crippen LogP contribution in [-0.2, 0) is 4.74 Å². The zero-order valence-electron chi connectivity index (χ0n) is 8.97. The van der Waals surface area contributed by atoms with Crippen LogP contribution < -0.4 is 11.1 Å². The van der Waals surface area contributed by atoms with Crippen LogP contribution in [0.4, 0.5) is 0 Å². The predicted molar refractivity (Wildman–Crippen MR) is 54.7 cm³/mol.